The van der Waals surface area contributed by atoms with Gasteiger partial charge in [0, 0.05) is 5.69 Å². The first kappa shape index (κ1) is 18.9. The maximum atomic E-state index is 12.3. The van der Waals surface area contributed by atoms with E-state index in [1.54, 1.807) is 54.6 Å². The molecule has 2 rings (SSSR count). The van der Waals surface area contributed by atoms with Gasteiger partial charge in [-0.15, -0.1) is 0 Å². The molecule has 1 unspecified atom stereocenters. The molecule has 26 heavy (non-hydrogen) atoms. The van der Waals surface area contributed by atoms with Gasteiger partial charge in [0.2, 0.25) is 5.91 Å². The maximum Gasteiger partial charge on any atom is 0.408 e. The summed E-state index contributed by atoms with van der Waals surface area (Å²) in [7, 11) is 0. The molecule has 0 aromatic heterocycles. The summed E-state index contributed by atoms with van der Waals surface area (Å²) in [6.07, 6.45) is -0.946. The fraction of sp³-hybridized carbons (Fsp3) is 0.167. The third kappa shape index (κ3) is 5.60. The van der Waals surface area contributed by atoms with Crippen molar-refractivity contribution in [2.24, 2.45) is 5.73 Å². The average Bonchev–Trinajstić information content (AvgIpc) is 2.65. The van der Waals surface area contributed by atoms with E-state index in [-0.39, 0.29) is 6.61 Å². The lowest BCUT2D eigenvalue weighted by molar-refractivity contribution is -0.140. The van der Waals surface area contributed by atoms with Gasteiger partial charge in [0.25, 0.3) is 0 Å². The van der Waals surface area contributed by atoms with Crippen LogP contribution in [0.1, 0.15) is 5.56 Å². The van der Waals surface area contributed by atoms with Gasteiger partial charge in [0.15, 0.2) is 0 Å². The first-order chi connectivity index (χ1) is 12.5. The van der Waals surface area contributed by atoms with Crippen molar-refractivity contribution < 1.29 is 24.2 Å². The Morgan fingerprint density at radius 2 is 1.58 bits per heavy atom. The molecule has 0 bridgehead atoms. The van der Waals surface area contributed by atoms with E-state index >= 15 is 0 Å². The molecule has 2 aromatic carbocycles. The highest BCUT2D eigenvalue weighted by Gasteiger charge is 2.32. The highest BCUT2D eigenvalue weighted by Crippen LogP contribution is 2.07. The van der Waals surface area contributed by atoms with Crippen LogP contribution in [0.15, 0.2) is 60.7 Å². The first-order valence-electron chi connectivity index (χ1n) is 7.79. The largest absolute Gasteiger partial charge is 0.480 e. The number of carboxylic acid groups (broad SMARTS) is 1. The number of carbonyl (C=O) groups excluding carboxylic acids is 2. The van der Waals surface area contributed by atoms with E-state index in [1.807, 2.05) is 6.07 Å². The molecule has 0 radical (unpaired) electrons. The van der Waals surface area contributed by atoms with Gasteiger partial charge in [-0.25, -0.2) is 4.79 Å². The molecule has 5 N–H and O–H groups in total. The summed E-state index contributed by atoms with van der Waals surface area (Å²) in [5.41, 5.74) is 6.73. The van der Waals surface area contributed by atoms with Gasteiger partial charge in [-0.1, -0.05) is 48.5 Å². The number of carbonyl (C=O) groups is 3. The van der Waals surface area contributed by atoms with E-state index in [2.05, 4.69) is 10.6 Å². The molecule has 0 saturated heterocycles. The number of rotatable bonds is 7. The second kappa shape index (κ2) is 9.19. The molecule has 0 spiro atoms. The summed E-state index contributed by atoms with van der Waals surface area (Å²) in [6.45, 7) is -0.0258. The van der Waals surface area contributed by atoms with Crippen molar-refractivity contribution in [3.8, 4) is 0 Å². The van der Waals surface area contributed by atoms with Crippen molar-refractivity contribution in [2.45, 2.75) is 18.7 Å². The van der Waals surface area contributed by atoms with Gasteiger partial charge in [-0.2, -0.15) is 0 Å². The molecule has 0 fully saturated rings. The van der Waals surface area contributed by atoms with E-state index < -0.39 is 30.1 Å². The minimum atomic E-state index is -1.64. The molecule has 136 valence electrons. The number of alkyl carbamates (subject to hydrolysis) is 1. The predicted molar refractivity (Wildman–Crippen MR) is 94.2 cm³/mol. The van der Waals surface area contributed by atoms with Crippen molar-refractivity contribution in [3.63, 3.8) is 0 Å². The Labute approximate surface area is 150 Å². The van der Waals surface area contributed by atoms with E-state index in [0.717, 1.165) is 5.56 Å². The lowest BCUT2D eigenvalue weighted by Crippen LogP contribution is -2.57. The maximum absolute atomic E-state index is 12.3. The van der Waals surface area contributed by atoms with Crippen molar-refractivity contribution in [1.82, 2.24) is 5.32 Å². The first-order valence-corrected chi connectivity index (χ1v) is 7.79. The average molecular weight is 357 g/mol. The normalized spacial score (nSPS) is 12.5. The smallest absolute Gasteiger partial charge is 0.408 e. The molecule has 2 atom stereocenters. The van der Waals surface area contributed by atoms with Gasteiger partial charge >= 0.3 is 12.1 Å². The number of hydrogen-bond donors (Lipinski definition) is 4. The second-order valence-electron chi connectivity index (χ2n) is 5.40. The van der Waals surface area contributed by atoms with Crippen LogP contribution in [0.4, 0.5) is 10.5 Å². The zero-order chi connectivity index (χ0) is 18.9. The van der Waals surface area contributed by atoms with Gasteiger partial charge in [0.05, 0.1) is 0 Å². The Kier molecular flexibility index (Phi) is 6.69. The van der Waals surface area contributed by atoms with E-state index in [4.69, 9.17) is 15.6 Å². The van der Waals surface area contributed by atoms with Crippen LogP contribution in [0.25, 0.3) is 0 Å². The topological polar surface area (TPSA) is 131 Å². The third-order valence-corrected chi connectivity index (χ3v) is 3.45. The van der Waals surface area contributed by atoms with Crippen LogP contribution < -0.4 is 16.4 Å². The molecule has 8 heteroatoms. The summed E-state index contributed by atoms with van der Waals surface area (Å²) in [5, 5.41) is 13.8. The number of carboxylic acids is 1. The Morgan fingerprint density at radius 1 is 1.00 bits per heavy atom. The lowest BCUT2D eigenvalue weighted by atomic mass is 10.1. The summed E-state index contributed by atoms with van der Waals surface area (Å²) < 4.78 is 5.01. The Balaban J connectivity index is 2.00. The molecule has 0 heterocycles. The highest BCUT2D eigenvalue weighted by atomic mass is 16.5. The van der Waals surface area contributed by atoms with E-state index in [0.29, 0.717) is 5.69 Å². The minimum absolute atomic E-state index is 0.0258. The molecular weight excluding hydrogens is 338 g/mol. The molecule has 0 aliphatic heterocycles. The third-order valence-electron chi connectivity index (χ3n) is 3.45. The Morgan fingerprint density at radius 3 is 2.15 bits per heavy atom. The number of hydrogen-bond acceptors (Lipinski definition) is 5. The molecule has 0 aliphatic carbocycles. The number of benzene rings is 2. The van der Waals surface area contributed by atoms with Crippen molar-refractivity contribution in [2.75, 3.05) is 5.32 Å². The predicted octanol–water partition coefficient (Wildman–Crippen LogP) is 1.33. The zero-order valence-corrected chi connectivity index (χ0v) is 13.8. The van der Waals surface area contributed by atoms with Crippen molar-refractivity contribution >= 4 is 23.7 Å². The molecule has 2 aromatic rings. The Bertz CT molecular complexity index is 752. The number of nitrogens with two attached hydrogens (primary N) is 1. The van der Waals surface area contributed by atoms with E-state index in [9.17, 15) is 14.4 Å². The molecule has 8 nitrogen and oxygen atoms in total. The van der Waals surface area contributed by atoms with Gasteiger partial charge in [-0.3, -0.25) is 9.59 Å². The van der Waals surface area contributed by atoms with Crippen molar-refractivity contribution in [3.05, 3.63) is 66.2 Å². The van der Waals surface area contributed by atoms with Crippen LogP contribution in [-0.2, 0) is 20.9 Å². The van der Waals surface area contributed by atoms with Crippen molar-refractivity contribution in [1.29, 1.82) is 0 Å². The van der Waals surface area contributed by atoms with Gasteiger partial charge in [-0.05, 0) is 17.7 Å². The zero-order valence-electron chi connectivity index (χ0n) is 13.8. The number of amides is 2. The fourth-order valence-electron chi connectivity index (χ4n) is 2.09. The summed E-state index contributed by atoms with van der Waals surface area (Å²) >= 11 is 0. The summed E-state index contributed by atoms with van der Waals surface area (Å²) in [5.74, 6) is -2.19. The monoisotopic (exact) mass is 357 g/mol. The molecule has 0 aliphatic rings. The number of para-hydroxylation sites is 1. The molecule has 2 amide bonds. The number of ether oxygens (including phenoxy) is 1. The van der Waals surface area contributed by atoms with Crippen LogP contribution in [0, 0.1) is 0 Å². The standard InChI is InChI=1S/C18H19N3O5/c19-14(17(23)24)15(16(22)20-13-9-5-2-6-10-13)21-18(25)26-11-12-7-3-1-4-8-12/h1-10,14-15H,11,19H2,(H,20,22)(H,21,25)(H,23,24)/t14?,15-/m0/s1. The van der Waals surface area contributed by atoms with Crippen LogP contribution >= 0.6 is 0 Å². The van der Waals surface area contributed by atoms with Crippen LogP contribution in [0.5, 0.6) is 0 Å². The quantitative estimate of drug-likeness (QED) is 0.591. The number of anilines is 1. The molecular formula is C18H19N3O5. The van der Waals surface area contributed by atoms with E-state index in [1.165, 1.54) is 0 Å². The Hall–Kier alpha value is -3.39. The van der Waals surface area contributed by atoms with Gasteiger partial charge < -0.3 is 26.2 Å². The SMILES string of the molecule is NC(C(=O)O)[C@H](NC(=O)OCc1ccccc1)C(=O)Nc1ccccc1. The lowest BCUT2D eigenvalue weighted by Gasteiger charge is -2.21. The number of aliphatic carboxylic acids is 1. The van der Waals surface area contributed by atoms with Crippen LogP contribution in [-0.4, -0.2) is 35.2 Å². The minimum Gasteiger partial charge on any atom is -0.480 e. The van der Waals surface area contributed by atoms with Crippen LogP contribution in [0.3, 0.4) is 0 Å². The second-order valence-corrected chi connectivity index (χ2v) is 5.40. The molecule has 0 saturated carbocycles. The number of nitrogens with one attached hydrogen (secondary N) is 2. The highest BCUT2D eigenvalue weighted by molar-refractivity contribution is 6.00. The fourth-order valence-corrected chi connectivity index (χ4v) is 2.09. The van der Waals surface area contributed by atoms with Gasteiger partial charge in [0.1, 0.15) is 18.7 Å². The summed E-state index contributed by atoms with van der Waals surface area (Å²) in [4.78, 5) is 35.5. The van der Waals surface area contributed by atoms with Crippen LogP contribution in [0.2, 0.25) is 0 Å². The summed E-state index contributed by atoms with van der Waals surface area (Å²) in [6, 6.07) is 14.2.